The Morgan fingerprint density at radius 1 is 0.419 bits per heavy atom. The molecule has 0 heterocycles. The molecule has 0 unspecified atom stereocenters. The molecule has 0 fully saturated rings. The van der Waals surface area contributed by atoms with Gasteiger partial charge in [-0.3, -0.25) is 9.69 Å². The Hall–Kier alpha value is -0.770. The van der Waals surface area contributed by atoms with E-state index in [1.54, 1.807) is 0 Å². The zero-order valence-corrected chi connectivity index (χ0v) is 29.9. The summed E-state index contributed by atoms with van der Waals surface area (Å²) in [5, 5.41) is 2.24. The lowest BCUT2D eigenvalue weighted by molar-refractivity contribution is 0.197. The molecule has 0 radical (unpaired) electrons. The van der Waals surface area contributed by atoms with Gasteiger partial charge in [0.2, 0.25) is 0 Å². The molecule has 3 amide bonds. The van der Waals surface area contributed by atoms with Crippen LogP contribution >= 0.6 is 11.6 Å². The van der Waals surface area contributed by atoms with Gasteiger partial charge in [0.1, 0.15) is 0 Å². The summed E-state index contributed by atoms with van der Waals surface area (Å²) in [7, 11) is 0. The fourth-order valence-electron chi connectivity index (χ4n) is 6.05. The highest BCUT2D eigenvalue weighted by atomic mass is 35.5. The van der Waals surface area contributed by atoms with E-state index in [2.05, 4.69) is 19.2 Å². The van der Waals surface area contributed by atoms with E-state index in [1.165, 1.54) is 185 Å². The summed E-state index contributed by atoms with van der Waals surface area (Å²) < 4.78 is 0. The first-order valence-electron chi connectivity index (χ1n) is 19.4. The summed E-state index contributed by atoms with van der Waals surface area (Å²) in [5.74, 6) is 0. The topological polar surface area (TPSA) is 49.4 Å². The van der Waals surface area contributed by atoms with Crippen molar-refractivity contribution >= 4 is 23.0 Å². The van der Waals surface area contributed by atoms with Gasteiger partial charge in [-0.25, -0.2) is 4.79 Å². The lowest BCUT2D eigenvalue weighted by Crippen LogP contribution is -2.42. The van der Waals surface area contributed by atoms with E-state index in [0.29, 0.717) is 13.1 Å². The molecule has 0 rings (SSSR count). The molecule has 43 heavy (non-hydrogen) atoms. The first kappa shape index (κ1) is 42.2. The number of halogens is 1. The third-order valence-electron chi connectivity index (χ3n) is 9.00. The largest absolute Gasteiger partial charge is 0.338 e. The first-order chi connectivity index (χ1) is 21.1. The highest BCUT2D eigenvalue weighted by Gasteiger charge is 2.18. The normalized spacial score (nSPS) is 11.2. The van der Waals surface area contributed by atoms with Crippen molar-refractivity contribution in [3.8, 4) is 0 Å². The van der Waals surface area contributed by atoms with Gasteiger partial charge >= 0.3 is 11.4 Å². The van der Waals surface area contributed by atoms with E-state index in [1.807, 2.05) is 0 Å². The minimum absolute atomic E-state index is 0.332. The van der Waals surface area contributed by atoms with Crippen molar-refractivity contribution in [2.75, 3.05) is 13.1 Å². The average Bonchev–Trinajstić information content (AvgIpc) is 3.00. The number of carbonyl (C=O) groups excluding carboxylic acids is 2. The van der Waals surface area contributed by atoms with Crippen LogP contribution in [0.4, 0.5) is 9.59 Å². The lowest BCUT2D eigenvalue weighted by Gasteiger charge is -2.18. The first-order valence-corrected chi connectivity index (χ1v) is 19.8. The van der Waals surface area contributed by atoms with Gasteiger partial charge in [0, 0.05) is 13.1 Å². The molecule has 0 aliphatic rings. The zero-order valence-electron chi connectivity index (χ0n) is 29.2. The van der Waals surface area contributed by atoms with Crippen molar-refractivity contribution in [1.82, 2.24) is 10.2 Å². The highest BCUT2D eigenvalue weighted by Crippen LogP contribution is 2.15. The molecular weight excluding hydrogens is 552 g/mol. The number of hydrogen-bond acceptors (Lipinski definition) is 2. The molecule has 0 saturated heterocycles. The second-order valence-corrected chi connectivity index (χ2v) is 13.6. The summed E-state index contributed by atoms with van der Waals surface area (Å²) in [6.07, 6.45) is 42.3. The smallest absolute Gasteiger partial charge is 0.325 e. The van der Waals surface area contributed by atoms with Crippen LogP contribution in [-0.4, -0.2) is 29.4 Å². The van der Waals surface area contributed by atoms with Gasteiger partial charge in [-0.05, 0) is 24.4 Å². The molecule has 0 aromatic carbocycles. The van der Waals surface area contributed by atoms with Gasteiger partial charge in [0.05, 0.1) is 0 Å². The third kappa shape index (κ3) is 32.4. The number of imide groups is 1. The number of rotatable bonds is 34. The monoisotopic (exact) mass is 627 g/mol. The third-order valence-corrected chi connectivity index (χ3v) is 9.20. The fourth-order valence-corrected chi connectivity index (χ4v) is 6.21. The summed E-state index contributed by atoms with van der Waals surface area (Å²) in [6, 6.07) is -0.332. The van der Waals surface area contributed by atoms with Crippen molar-refractivity contribution in [1.29, 1.82) is 0 Å². The Bertz CT molecular complexity index is 586. The average molecular weight is 627 g/mol. The molecule has 0 aliphatic heterocycles. The highest BCUT2D eigenvalue weighted by molar-refractivity contribution is 6.64. The van der Waals surface area contributed by atoms with Crippen molar-refractivity contribution in [3.63, 3.8) is 0 Å². The predicted molar refractivity (Wildman–Crippen MR) is 190 cm³/mol. The maximum atomic E-state index is 12.4. The molecular formula is C38H75ClN2O2. The SMILES string of the molecule is CCCCCCCCCCCCCCCCCCNC(=O)N(CCCCCCCCCCCCCCCCCC)C(=O)Cl. The molecule has 0 aromatic heterocycles. The molecule has 0 bridgehead atoms. The Balaban J connectivity index is 3.50. The predicted octanol–water partition coefficient (Wildman–Crippen LogP) is 13.9. The van der Waals surface area contributed by atoms with E-state index in [9.17, 15) is 9.59 Å². The van der Waals surface area contributed by atoms with Crippen molar-refractivity contribution in [2.24, 2.45) is 0 Å². The number of amides is 3. The number of nitrogens with one attached hydrogen (secondary N) is 1. The molecule has 0 spiro atoms. The number of nitrogens with zero attached hydrogens (tertiary/aromatic N) is 1. The molecule has 0 atom stereocenters. The van der Waals surface area contributed by atoms with Crippen LogP contribution < -0.4 is 5.32 Å². The summed E-state index contributed by atoms with van der Waals surface area (Å²) >= 11 is 5.72. The lowest BCUT2D eigenvalue weighted by atomic mass is 10.0. The van der Waals surface area contributed by atoms with Gasteiger partial charge in [0.15, 0.2) is 0 Å². The van der Waals surface area contributed by atoms with E-state index in [4.69, 9.17) is 11.6 Å². The van der Waals surface area contributed by atoms with Crippen molar-refractivity contribution < 1.29 is 9.59 Å². The van der Waals surface area contributed by atoms with Gasteiger partial charge < -0.3 is 5.32 Å². The Morgan fingerprint density at radius 3 is 0.953 bits per heavy atom. The zero-order chi connectivity index (χ0) is 31.5. The van der Waals surface area contributed by atoms with E-state index in [0.717, 1.165) is 25.7 Å². The second kappa shape index (κ2) is 35.7. The van der Waals surface area contributed by atoms with Gasteiger partial charge in [-0.15, -0.1) is 0 Å². The van der Waals surface area contributed by atoms with E-state index in [-0.39, 0.29) is 6.03 Å². The summed E-state index contributed by atoms with van der Waals surface area (Å²) in [4.78, 5) is 25.4. The van der Waals surface area contributed by atoms with Gasteiger partial charge in [-0.2, -0.15) is 0 Å². The minimum atomic E-state index is -0.662. The molecule has 5 heteroatoms. The van der Waals surface area contributed by atoms with Crippen LogP contribution in [0.1, 0.15) is 219 Å². The summed E-state index contributed by atoms with van der Waals surface area (Å²) in [6.45, 7) is 5.60. The quantitative estimate of drug-likeness (QED) is 0.0438. The Kier molecular flexibility index (Phi) is 35.1. The minimum Gasteiger partial charge on any atom is -0.338 e. The number of unbranched alkanes of at least 4 members (excludes halogenated alkanes) is 30. The second-order valence-electron chi connectivity index (χ2n) is 13.2. The molecule has 1 N–H and O–H groups in total. The number of urea groups is 1. The maximum Gasteiger partial charge on any atom is 0.325 e. The van der Waals surface area contributed by atoms with E-state index >= 15 is 0 Å². The van der Waals surface area contributed by atoms with Crippen LogP contribution in [0.2, 0.25) is 0 Å². The van der Waals surface area contributed by atoms with Crippen molar-refractivity contribution in [2.45, 2.75) is 219 Å². The molecule has 256 valence electrons. The fraction of sp³-hybridized carbons (Fsp3) is 0.947. The molecule has 0 saturated carbocycles. The molecule has 4 nitrogen and oxygen atoms in total. The molecule has 0 aliphatic carbocycles. The van der Waals surface area contributed by atoms with E-state index < -0.39 is 5.37 Å². The Labute approximate surface area is 274 Å². The van der Waals surface area contributed by atoms with Crippen LogP contribution in [-0.2, 0) is 0 Å². The summed E-state index contributed by atoms with van der Waals surface area (Å²) in [5.41, 5.74) is 0. The van der Waals surface area contributed by atoms with Gasteiger partial charge in [-0.1, -0.05) is 206 Å². The van der Waals surface area contributed by atoms with Crippen LogP contribution in [0, 0.1) is 0 Å². The van der Waals surface area contributed by atoms with Crippen LogP contribution in [0.3, 0.4) is 0 Å². The number of carbonyl (C=O) groups is 2. The van der Waals surface area contributed by atoms with Gasteiger partial charge in [0.25, 0.3) is 0 Å². The molecule has 0 aromatic rings. The number of hydrogen-bond donors (Lipinski definition) is 1. The van der Waals surface area contributed by atoms with Crippen LogP contribution in [0.5, 0.6) is 0 Å². The van der Waals surface area contributed by atoms with Crippen LogP contribution in [0.15, 0.2) is 0 Å². The maximum absolute atomic E-state index is 12.4. The Morgan fingerprint density at radius 2 is 0.674 bits per heavy atom. The van der Waals surface area contributed by atoms with Crippen LogP contribution in [0.25, 0.3) is 0 Å². The van der Waals surface area contributed by atoms with Crippen molar-refractivity contribution in [3.05, 3.63) is 0 Å². The standard InChI is InChI=1S/C38H75ClN2O2/c1-3-5-7-9-11-13-15-17-19-21-23-25-27-29-31-33-35-40-38(43)41(37(39)42)36-34-32-30-28-26-24-22-20-18-16-14-12-10-8-6-4-2/h3-36H2,1-2H3,(H,40,43).